The zero-order valence-electron chi connectivity index (χ0n) is 14.6. The number of ether oxygens (including phenoxy) is 1. The number of carbonyl (C=O) groups excluding carboxylic acids is 1. The summed E-state index contributed by atoms with van der Waals surface area (Å²) in [6.07, 6.45) is 0.625. The molecule has 140 valence electrons. The Labute approximate surface area is 159 Å². The standard InChI is InChI=1S/C20H18F2N2O2S/c1-13-24-17(12-27-13)15-8-6-14(7-9-15)10-11-23-19(25)16-4-2-3-5-18(16)26-20(21)22/h2-9,12,20H,10-11H2,1H3,(H,23,25). The first-order valence-electron chi connectivity index (χ1n) is 8.36. The fourth-order valence-electron chi connectivity index (χ4n) is 2.61. The molecular weight excluding hydrogens is 370 g/mol. The van der Waals surface area contributed by atoms with Crippen LogP contribution in [-0.2, 0) is 6.42 Å². The highest BCUT2D eigenvalue weighted by molar-refractivity contribution is 7.09. The van der Waals surface area contributed by atoms with Crippen LogP contribution in [0.4, 0.5) is 8.78 Å². The summed E-state index contributed by atoms with van der Waals surface area (Å²) in [7, 11) is 0. The van der Waals surface area contributed by atoms with E-state index in [4.69, 9.17) is 0 Å². The lowest BCUT2D eigenvalue weighted by atomic mass is 10.1. The molecule has 0 unspecified atom stereocenters. The fourth-order valence-corrected chi connectivity index (χ4v) is 3.23. The fraction of sp³-hybridized carbons (Fsp3) is 0.200. The van der Waals surface area contributed by atoms with E-state index in [1.807, 2.05) is 36.6 Å². The van der Waals surface area contributed by atoms with Gasteiger partial charge in [-0.3, -0.25) is 4.79 Å². The van der Waals surface area contributed by atoms with Crippen molar-refractivity contribution in [3.8, 4) is 17.0 Å². The third-order valence-corrected chi connectivity index (χ3v) is 4.69. The van der Waals surface area contributed by atoms with E-state index >= 15 is 0 Å². The van der Waals surface area contributed by atoms with E-state index in [-0.39, 0.29) is 11.3 Å². The van der Waals surface area contributed by atoms with Crippen molar-refractivity contribution < 1.29 is 18.3 Å². The first-order chi connectivity index (χ1) is 13.0. The maximum Gasteiger partial charge on any atom is 0.387 e. The molecule has 1 N–H and O–H groups in total. The summed E-state index contributed by atoms with van der Waals surface area (Å²) in [6, 6.07) is 13.9. The van der Waals surface area contributed by atoms with Crippen molar-refractivity contribution in [1.82, 2.24) is 10.3 Å². The molecule has 27 heavy (non-hydrogen) atoms. The van der Waals surface area contributed by atoms with Crippen LogP contribution in [0.1, 0.15) is 20.9 Å². The molecular formula is C20H18F2N2O2S. The minimum atomic E-state index is -2.97. The predicted octanol–water partition coefficient (Wildman–Crippen LogP) is 4.69. The maximum absolute atomic E-state index is 12.4. The number of halogens is 2. The number of nitrogens with one attached hydrogen (secondary N) is 1. The van der Waals surface area contributed by atoms with Gasteiger partial charge < -0.3 is 10.1 Å². The number of carbonyl (C=O) groups is 1. The van der Waals surface area contributed by atoms with Crippen molar-refractivity contribution >= 4 is 17.2 Å². The Morgan fingerprint density at radius 1 is 1.19 bits per heavy atom. The summed E-state index contributed by atoms with van der Waals surface area (Å²) >= 11 is 1.61. The molecule has 1 aromatic heterocycles. The van der Waals surface area contributed by atoms with Gasteiger partial charge in [-0.2, -0.15) is 8.78 Å². The monoisotopic (exact) mass is 388 g/mol. The van der Waals surface area contributed by atoms with E-state index < -0.39 is 12.5 Å². The van der Waals surface area contributed by atoms with Crippen molar-refractivity contribution in [2.75, 3.05) is 6.54 Å². The zero-order chi connectivity index (χ0) is 19.2. The molecule has 3 aromatic rings. The summed E-state index contributed by atoms with van der Waals surface area (Å²) in [5.41, 5.74) is 3.15. The first-order valence-corrected chi connectivity index (χ1v) is 9.24. The highest BCUT2D eigenvalue weighted by atomic mass is 32.1. The second kappa shape index (κ2) is 8.73. The number of amides is 1. The molecule has 1 heterocycles. The quantitative estimate of drug-likeness (QED) is 0.639. The number of alkyl halides is 2. The largest absolute Gasteiger partial charge is 0.434 e. The van der Waals surface area contributed by atoms with Gasteiger partial charge in [0.1, 0.15) is 5.75 Å². The summed E-state index contributed by atoms with van der Waals surface area (Å²) < 4.78 is 29.3. The van der Waals surface area contributed by atoms with E-state index in [0.717, 1.165) is 21.8 Å². The lowest BCUT2D eigenvalue weighted by Crippen LogP contribution is -2.26. The second-order valence-electron chi connectivity index (χ2n) is 5.83. The Morgan fingerprint density at radius 2 is 1.93 bits per heavy atom. The van der Waals surface area contributed by atoms with Gasteiger partial charge >= 0.3 is 6.61 Å². The Hall–Kier alpha value is -2.80. The molecule has 7 heteroatoms. The van der Waals surface area contributed by atoms with Crippen LogP contribution in [0.3, 0.4) is 0 Å². The molecule has 0 aliphatic carbocycles. The summed E-state index contributed by atoms with van der Waals surface area (Å²) in [5.74, 6) is -0.575. The van der Waals surface area contributed by atoms with Gasteiger partial charge in [-0.15, -0.1) is 11.3 Å². The minimum Gasteiger partial charge on any atom is -0.434 e. The Kier molecular flexibility index (Phi) is 6.13. The van der Waals surface area contributed by atoms with E-state index in [2.05, 4.69) is 15.0 Å². The summed E-state index contributed by atoms with van der Waals surface area (Å²) in [5, 5.41) is 5.77. The topological polar surface area (TPSA) is 51.2 Å². The highest BCUT2D eigenvalue weighted by Gasteiger charge is 2.14. The van der Waals surface area contributed by atoms with Gasteiger partial charge in [0.15, 0.2) is 0 Å². The molecule has 0 saturated heterocycles. The van der Waals surface area contributed by atoms with Gasteiger partial charge in [0.05, 0.1) is 16.3 Å². The second-order valence-corrected chi connectivity index (χ2v) is 6.89. The van der Waals surface area contributed by atoms with Crippen LogP contribution in [0.25, 0.3) is 11.3 Å². The highest BCUT2D eigenvalue weighted by Crippen LogP contribution is 2.22. The van der Waals surface area contributed by atoms with E-state index in [9.17, 15) is 13.6 Å². The molecule has 0 bridgehead atoms. The molecule has 3 rings (SSSR count). The molecule has 0 aliphatic rings. The number of rotatable bonds is 7. The number of hydrogen-bond donors (Lipinski definition) is 1. The number of para-hydroxylation sites is 1. The van der Waals surface area contributed by atoms with Crippen LogP contribution >= 0.6 is 11.3 Å². The molecule has 0 fully saturated rings. The van der Waals surface area contributed by atoms with E-state index in [1.54, 1.807) is 23.5 Å². The van der Waals surface area contributed by atoms with E-state index in [1.165, 1.54) is 12.1 Å². The smallest absolute Gasteiger partial charge is 0.387 e. The predicted molar refractivity (Wildman–Crippen MR) is 101 cm³/mol. The van der Waals surface area contributed by atoms with Gasteiger partial charge in [0.25, 0.3) is 5.91 Å². The van der Waals surface area contributed by atoms with Gasteiger partial charge in [0.2, 0.25) is 0 Å². The van der Waals surface area contributed by atoms with Crippen LogP contribution in [0.2, 0.25) is 0 Å². The van der Waals surface area contributed by atoms with Crippen molar-refractivity contribution in [3.05, 3.63) is 70.0 Å². The maximum atomic E-state index is 12.4. The Balaban J connectivity index is 1.56. The summed E-state index contributed by atoms with van der Waals surface area (Å²) in [6.45, 7) is -0.619. The normalized spacial score (nSPS) is 10.8. The molecule has 0 atom stereocenters. The lowest BCUT2D eigenvalue weighted by Gasteiger charge is -2.11. The lowest BCUT2D eigenvalue weighted by molar-refractivity contribution is -0.0501. The van der Waals surface area contributed by atoms with Crippen LogP contribution in [0.5, 0.6) is 5.75 Å². The van der Waals surface area contributed by atoms with Crippen molar-refractivity contribution in [3.63, 3.8) is 0 Å². The van der Waals surface area contributed by atoms with Gasteiger partial charge in [-0.05, 0) is 31.0 Å². The van der Waals surface area contributed by atoms with Crippen LogP contribution in [0.15, 0.2) is 53.9 Å². The summed E-state index contributed by atoms with van der Waals surface area (Å²) in [4.78, 5) is 16.7. The van der Waals surface area contributed by atoms with Gasteiger partial charge in [-0.1, -0.05) is 36.4 Å². The molecule has 2 aromatic carbocycles. The zero-order valence-corrected chi connectivity index (χ0v) is 15.4. The third kappa shape index (κ3) is 5.10. The number of hydrogen-bond acceptors (Lipinski definition) is 4. The van der Waals surface area contributed by atoms with Crippen LogP contribution in [-0.4, -0.2) is 24.0 Å². The number of thiazole rings is 1. The van der Waals surface area contributed by atoms with Crippen molar-refractivity contribution in [2.45, 2.75) is 20.0 Å². The average Bonchev–Trinajstić information content (AvgIpc) is 3.08. The molecule has 0 saturated carbocycles. The van der Waals surface area contributed by atoms with E-state index in [0.29, 0.717) is 13.0 Å². The van der Waals surface area contributed by atoms with Gasteiger partial charge in [0, 0.05) is 17.5 Å². The molecule has 0 radical (unpaired) electrons. The Bertz CT molecular complexity index is 910. The number of aromatic nitrogens is 1. The molecule has 0 aliphatic heterocycles. The minimum absolute atomic E-state index is 0.0899. The number of benzene rings is 2. The van der Waals surface area contributed by atoms with Crippen LogP contribution in [0, 0.1) is 6.92 Å². The number of nitrogens with zero attached hydrogens (tertiary/aromatic N) is 1. The average molecular weight is 388 g/mol. The van der Waals surface area contributed by atoms with Gasteiger partial charge in [-0.25, -0.2) is 4.98 Å². The molecule has 4 nitrogen and oxygen atoms in total. The SMILES string of the molecule is Cc1nc(-c2ccc(CCNC(=O)c3ccccc3OC(F)F)cc2)cs1. The Morgan fingerprint density at radius 3 is 2.59 bits per heavy atom. The number of aryl methyl sites for hydroxylation is 1. The van der Waals surface area contributed by atoms with Crippen molar-refractivity contribution in [2.24, 2.45) is 0 Å². The third-order valence-electron chi connectivity index (χ3n) is 3.92. The van der Waals surface area contributed by atoms with Crippen molar-refractivity contribution in [1.29, 1.82) is 0 Å². The van der Waals surface area contributed by atoms with Crippen LogP contribution < -0.4 is 10.1 Å². The molecule has 1 amide bonds. The molecule has 0 spiro atoms. The first kappa shape index (κ1) is 19.0.